The molecule has 11 atom stereocenters. The first-order valence-electron chi connectivity index (χ1n) is 21.3. The molecule has 0 spiro atoms. The Kier molecular flexibility index (Phi) is 11.7. The molecule has 17 heteroatoms. The van der Waals surface area contributed by atoms with Crippen molar-refractivity contribution in [3.8, 4) is 11.5 Å². The van der Waals surface area contributed by atoms with Crippen molar-refractivity contribution in [2.45, 2.75) is 108 Å². The van der Waals surface area contributed by atoms with E-state index >= 15 is 4.79 Å². The van der Waals surface area contributed by atoms with Gasteiger partial charge in [0.05, 0.1) is 35.6 Å². The summed E-state index contributed by atoms with van der Waals surface area (Å²) >= 11 is 0. The Morgan fingerprint density at radius 3 is 2.11 bits per heavy atom. The molecule has 5 aliphatic rings. The number of amides is 1. The Hall–Kier alpha value is -6.14. The van der Waals surface area contributed by atoms with Gasteiger partial charge in [0, 0.05) is 37.7 Å². The number of aliphatic hydroxyl groups is 3. The molecule has 2 aliphatic heterocycles. The van der Waals surface area contributed by atoms with Crippen molar-refractivity contribution >= 4 is 35.6 Å². The van der Waals surface area contributed by atoms with Crippen LogP contribution in [0.15, 0.2) is 90.0 Å². The van der Waals surface area contributed by atoms with Gasteiger partial charge in [0.2, 0.25) is 6.79 Å². The Labute approximate surface area is 373 Å². The zero-order valence-corrected chi connectivity index (χ0v) is 36.6. The summed E-state index contributed by atoms with van der Waals surface area (Å²) in [6, 6.07) is 19.0. The predicted molar refractivity (Wildman–Crippen MR) is 224 cm³/mol. The molecule has 0 radical (unpaired) electrons. The first-order chi connectivity index (χ1) is 30.7. The minimum Gasteiger partial charge on any atom is -0.456 e. The number of benzene rings is 3. The first kappa shape index (κ1) is 45.4. The van der Waals surface area contributed by atoms with Gasteiger partial charge in [-0.05, 0) is 67.0 Å². The van der Waals surface area contributed by atoms with Gasteiger partial charge in [-0.3, -0.25) is 19.2 Å². The van der Waals surface area contributed by atoms with Crippen LogP contribution < -0.4 is 14.8 Å². The van der Waals surface area contributed by atoms with Gasteiger partial charge < -0.3 is 53.8 Å². The van der Waals surface area contributed by atoms with Crippen molar-refractivity contribution in [3.63, 3.8) is 0 Å². The van der Waals surface area contributed by atoms with Crippen LogP contribution >= 0.6 is 0 Å². The molecule has 3 aromatic rings. The lowest BCUT2D eigenvalue weighted by molar-refractivity contribution is -0.346. The normalized spacial score (nSPS) is 31.6. The zero-order valence-electron chi connectivity index (χ0n) is 36.6. The monoisotopic (exact) mass is 897 g/mol. The Bertz CT molecular complexity index is 2450. The fourth-order valence-electron chi connectivity index (χ4n) is 10.6. The molecule has 3 fully saturated rings. The third-order valence-corrected chi connectivity index (χ3v) is 14.1. The van der Waals surface area contributed by atoms with Crippen LogP contribution in [0.25, 0.3) is 0 Å². The molecule has 2 heterocycles. The summed E-state index contributed by atoms with van der Waals surface area (Å²) in [4.78, 5) is 84.0. The molecule has 8 rings (SSSR count). The van der Waals surface area contributed by atoms with E-state index in [2.05, 4.69) is 5.32 Å². The van der Waals surface area contributed by atoms with E-state index in [1.165, 1.54) is 38.1 Å². The maximum Gasteiger partial charge on any atom is 0.338 e. The van der Waals surface area contributed by atoms with E-state index in [4.69, 9.17) is 33.2 Å². The van der Waals surface area contributed by atoms with Gasteiger partial charge in [-0.2, -0.15) is 0 Å². The van der Waals surface area contributed by atoms with Gasteiger partial charge >= 0.3 is 23.9 Å². The van der Waals surface area contributed by atoms with E-state index in [1.54, 1.807) is 68.4 Å². The van der Waals surface area contributed by atoms with Crippen LogP contribution in [-0.2, 0) is 42.9 Å². The Morgan fingerprint density at radius 1 is 0.846 bits per heavy atom. The third-order valence-electron chi connectivity index (χ3n) is 14.1. The van der Waals surface area contributed by atoms with Crippen LogP contribution in [0, 0.1) is 16.7 Å². The number of esters is 4. The second-order valence-corrected chi connectivity index (χ2v) is 18.1. The molecule has 1 amide bonds. The van der Waals surface area contributed by atoms with E-state index in [-0.39, 0.29) is 47.7 Å². The summed E-state index contributed by atoms with van der Waals surface area (Å²) in [5.41, 5.74) is -7.33. The highest BCUT2D eigenvalue weighted by molar-refractivity contribution is 5.96. The molecular formula is C48H51NO16. The maximum atomic E-state index is 15.5. The summed E-state index contributed by atoms with van der Waals surface area (Å²) in [6.45, 7) is 7.83. The number of carbonyl (C=O) groups excluding carboxylic acids is 6. The lowest BCUT2D eigenvalue weighted by Gasteiger charge is -2.67. The molecule has 2 bridgehead atoms. The van der Waals surface area contributed by atoms with Crippen molar-refractivity contribution in [3.05, 3.63) is 107 Å². The molecule has 0 aromatic heterocycles. The van der Waals surface area contributed by atoms with Crippen molar-refractivity contribution in [1.82, 2.24) is 5.32 Å². The number of fused-ring (bicyclic) bond motifs is 6. The molecule has 344 valence electrons. The van der Waals surface area contributed by atoms with Crippen LogP contribution in [-0.4, -0.2) is 112 Å². The van der Waals surface area contributed by atoms with Crippen molar-refractivity contribution < 1.29 is 77.2 Å². The molecule has 3 aliphatic carbocycles. The van der Waals surface area contributed by atoms with Gasteiger partial charge in [-0.15, -0.1) is 0 Å². The van der Waals surface area contributed by atoms with E-state index in [9.17, 15) is 39.3 Å². The van der Waals surface area contributed by atoms with E-state index in [1.807, 2.05) is 0 Å². The summed E-state index contributed by atoms with van der Waals surface area (Å²) < 4.78 is 41.3. The molecular weight excluding hydrogens is 847 g/mol. The second kappa shape index (κ2) is 16.7. The number of Topliss-reactive ketones (excluding diaryl/α,β-unsaturated/α-hetero) is 1. The summed E-state index contributed by atoms with van der Waals surface area (Å²) in [5, 5.41) is 40.5. The summed E-state index contributed by atoms with van der Waals surface area (Å²) in [5.74, 6) is -6.32. The minimum absolute atomic E-state index is 0.0235. The van der Waals surface area contributed by atoms with Crippen LogP contribution in [0.1, 0.15) is 86.7 Å². The molecule has 0 unspecified atom stereocenters. The molecule has 2 saturated carbocycles. The number of ketones is 1. The zero-order chi connectivity index (χ0) is 46.8. The number of hydrogen-bond acceptors (Lipinski definition) is 16. The quantitative estimate of drug-likeness (QED) is 0.129. The summed E-state index contributed by atoms with van der Waals surface area (Å²) in [6.07, 6.45) is -10.8. The fraction of sp³-hybridized carbons (Fsp3) is 0.458. The largest absolute Gasteiger partial charge is 0.456 e. The van der Waals surface area contributed by atoms with Gasteiger partial charge in [0.1, 0.15) is 23.9 Å². The van der Waals surface area contributed by atoms with Gasteiger partial charge in [-0.25, -0.2) is 9.59 Å². The molecule has 3 aromatic carbocycles. The standard InChI is InChI=1S/C48H51NO16/c1-24-32(63-44(57)37(53)36(49-42(55)27-13-9-7-10-14-27)29-17-18-30-31(19-29)61-23-60-30)21-48(58)41(64-43(56)28-15-11-8-12-16-28)39-46(6,33(52)20-34-47(39,22-59-34)65-26(3)51)40(54)38(62-25(2)50)35(24)45(48,4)5/h7-19,32-34,36-39,41,52-53,58H,20-23H2,1-6H3,(H,49,55)/t32-,33-,34+,36-,37+,38+,39-,41-,46+,47-,48+/m0/s1. The number of rotatable bonds is 10. The van der Waals surface area contributed by atoms with Crippen LogP contribution in [0.5, 0.6) is 11.5 Å². The lowest BCUT2D eigenvalue weighted by atomic mass is 9.44. The Balaban J connectivity index is 1.27. The highest BCUT2D eigenvalue weighted by Crippen LogP contribution is 2.64. The van der Waals surface area contributed by atoms with Gasteiger partial charge in [0.15, 0.2) is 35.1 Å². The first-order valence-corrected chi connectivity index (χ1v) is 21.3. The number of carbonyl (C=O) groups is 6. The molecule has 17 nitrogen and oxygen atoms in total. The highest BCUT2D eigenvalue weighted by atomic mass is 16.7. The van der Waals surface area contributed by atoms with Crippen molar-refractivity contribution in [2.75, 3.05) is 13.4 Å². The summed E-state index contributed by atoms with van der Waals surface area (Å²) in [7, 11) is 0. The lowest BCUT2D eigenvalue weighted by Crippen LogP contribution is -2.82. The van der Waals surface area contributed by atoms with Gasteiger partial charge in [-0.1, -0.05) is 56.3 Å². The molecule has 65 heavy (non-hydrogen) atoms. The number of ether oxygens (including phenoxy) is 7. The van der Waals surface area contributed by atoms with Crippen LogP contribution in [0.2, 0.25) is 0 Å². The number of nitrogens with one attached hydrogen (secondary N) is 1. The number of hydrogen-bond donors (Lipinski definition) is 4. The predicted octanol–water partition coefficient (Wildman–Crippen LogP) is 3.46. The van der Waals surface area contributed by atoms with E-state index < -0.39 is 113 Å². The topological polar surface area (TPSA) is 240 Å². The van der Waals surface area contributed by atoms with E-state index in [0.29, 0.717) is 11.5 Å². The maximum absolute atomic E-state index is 15.5. The van der Waals surface area contributed by atoms with Crippen LogP contribution in [0.4, 0.5) is 0 Å². The third kappa shape index (κ3) is 7.43. The van der Waals surface area contributed by atoms with Gasteiger partial charge in [0.25, 0.3) is 5.91 Å². The highest BCUT2D eigenvalue weighted by Gasteiger charge is 2.78. The molecule has 4 N–H and O–H groups in total. The van der Waals surface area contributed by atoms with E-state index in [0.717, 1.165) is 13.8 Å². The van der Waals surface area contributed by atoms with Crippen molar-refractivity contribution in [1.29, 1.82) is 0 Å². The smallest absolute Gasteiger partial charge is 0.338 e. The van der Waals surface area contributed by atoms with Crippen molar-refractivity contribution in [2.24, 2.45) is 16.7 Å². The fourth-order valence-corrected chi connectivity index (χ4v) is 10.6. The average Bonchev–Trinajstić information content (AvgIpc) is 3.75. The second-order valence-electron chi connectivity index (χ2n) is 18.1. The minimum atomic E-state index is -2.42. The SMILES string of the molecule is CC(=O)O[C@H]1C(=O)[C@@]2(C)[C@H]([C@H](OC(=O)c3ccccc3)[C@]3(O)C[C@H](OC(=O)[C@H](O)[C@@H](NC(=O)c4ccccc4)c4ccc5c(c4)OCO5)C(C)=C1C3(C)C)[C@]1(OC(C)=O)CO[C@@H]1C[C@@H]2O. The average molecular weight is 898 g/mol. The molecule has 1 saturated heterocycles. The Morgan fingerprint density at radius 2 is 1.49 bits per heavy atom. The number of aliphatic hydroxyl groups excluding tert-OH is 2. The van der Waals surface area contributed by atoms with Crippen LogP contribution in [0.3, 0.4) is 0 Å².